The minimum Gasteiger partial charge on any atom is -0.481 e. The molecule has 1 saturated carbocycles. The van der Waals surface area contributed by atoms with Gasteiger partial charge in [-0.1, -0.05) is 6.42 Å². The summed E-state index contributed by atoms with van der Waals surface area (Å²) in [5.74, 6) is -1.17. The maximum absolute atomic E-state index is 11.6. The van der Waals surface area contributed by atoms with Gasteiger partial charge in [0.05, 0.1) is 18.4 Å². The van der Waals surface area contributed by atoms with Crippen LogP contribution in [0.2, 0.25) is 0 Å². The highest BCUT2D eigenvalue weighted by Gasteiger charge is 2.32. The van der Waals surface area contributed by atoms with Crippen molar-refractivity contribution in [3.8, 4) is 0 Å². The van der Waals surface area contributed by atoms with E-state index in [4.69, 9.17) is 15.6 Å². The van der Waals surface area contributed by atoms with E-state index in [1.165, 1.54) is 7.11 Å². The Morgan fingerprint density at radius 1 is 1.50 bits per heavy atom. The molecule has 1 aliphatic rings. The van der Waals surface area contributed by atoms with Crippen LogP contribution in [0.1, 0.15) is 25.7 Å². The van der Waals surface area contributed by atoms with E-state index in [1.807, 2.05) is 0 Å². The first kappa shape index (κ1) is 14.9. The van der Waals surface area contributed by atoms with E-state index < -0.39 is 5.97 Å². The molecule has 104 valence electrons. The zero-order valence-electron chi connectivity index (χ0n) is 10.7. The van der Waals surface area contributed by atoms with E-state index in [1.54, 1.807) is 0 Å². The van der Waals surface area contributed by atoms with Crippen molar-refractivity contribution in [2.75, 3.05) is 20.2 Å². The summed E-state index contributed by atoms with van der Waals surface area (Å²) in [6.45, 7) is 0.724. The fourth-order valence-electron chi connectivity index (χ4n) is 2.39. The topological polar surface area (TPSA) is 102 Å². The van der Waals surface area contributed by atoms with Crippen LogP contribution >= 0.6 is 0 Å². The van der Waals surface area contributed by atoms with E-state index in [2.05, 4.69) is 5.32 Å². The number of methoxy groups -OCH3 is 1. The Labute approximate surface area is 107 Å². The van der Waals surface area contributed by atoms with Gasteiger partial charge in [-0.2, -0.15) is 0 Å². The van der Waals surface area contributed by atoms with Crippen molar-refractivity contribution in [2.24, 2.45) is 17.6 Å². The van der Waals surface area contributed by atoms with Crippen LogP contribution in [0, 0.1) is 11.8 Å². The summed E-state index contributed by atoms with van der Waals surface area (Å²) in [6, 6.07) is 0. The molecule has 0 aromatic carbocycles. The summed E-state index contributed by atoms with van der Waals surface area (Å²) in [5, 5.41) is 11.8. The molecule has 0 aromatic heterocycles. The SMILES string of the molecule is COC(CN)CC(=O)NCC1CCCC1C(=O)O. The molecule has 4 N–H and O–H groups in total. The first-order valence-corrected chi connectivity index (χ1v) is 6.30. The molecule has 0 aromatic rings. The van der Waals surface area contributed by atoms with Crippen molar-refractivity contribution in [1.82, 2.24) is 5.32 Å². The summed E-state index contributed by atoms with van der Waals surface area (Å²) in [5.41, 5.74) is 5.43. The van der Waals surface area contributed by atoms with Crippen LogP contribution in [-0.2, 0) is 14.3 Å². The van der Waals surface area contributed by atoms with Crippen molar-refractivity contribution in [2.45, 2.75) is 31.8 Å². The van der Waals surface area contributed by atoms with Crippen LogP contribution in [0.5, 0.6) is 0 Å². The van der Waals surface area contributed by atoms with Gasteiger partial charge < -0.3 is 20.9 Å². The Morgan fingerprint density at radius 3 is 2.78 bits per heavy atom. The Hall–Kier alpha value is -1.14. The van der Waals surface area contributed by atoms with Gasteiger partial charge in [-0.25, -0.2) is 0 Å². The van der Waals surface area contributed by atoms with Crippen molar-refractivity contribution < 1.29 is 19.4 Å². The number of aliphatic carboxylic acids is 1. The lowest BCUT2D eigenvalue weighted by Gasteiger charge is -2.17. The van der Waals surface area contributed by atoms with Gasteiger partial charge in [-0.15, -0.1) is 0 Å². The Bertz CT molecular complexity index is 292. The summed E-state index contributed by atoms with van der Waals surface area (Å²) in [6.07, 6.45) is 2.43. The maximum atomic E-state index is 11.6. The van der Waals surface area contributed by atoms with Gasteiger partial charge >= 0.3 is 5.97 Å². The average Bonchev–Trinajstić information content (AvgIpc) is 2.81. The first-order chi connectivity index (χ1) is 8.58. The van der Waals surface area contributed by atoms with E-state index in [-0.39, 0.29) is 30.3 Å². The van der Waals surface area contributed by atoms with Gasteiger partial charge in [0.25, 0.3) is 0 Å². The Balaban J connectivity index is 2.31. The number of nitrogens with two attached hydrogens (primary N) is 1. The second-order valence-electron chi connectivity index (χ2n) is 4.74. The molecule has 18 heavy (non-hydrogen) atoms. The third-order valence-electron chi connectivity index (χ3n) is 3.55. The molecule has 0 radical (unpaired) electrons. The zero-order chi connectivity index (χ0) is 13.5. The van der Waals surface area contributed by atoms with E-state index in [0.29, 0.717) is 19.5 Å². The quantitative estimate of drug-likeness (QED) is 0.595. The van der Waals surface area contributed by atoms with Gasteiger partial charge in [0.15, 0.2) is 0 Å². The minimum absolute atomic E-state index is 0.0466. The molecule has 6 nitrogen and oxygen atoms in total. The molecule has 0 heterocycles. The van der Waals surface area contributed by atoms with Crippen molar-refractivity contribution >= 4 is 11.9 Å². The van der Waals surface area contributed by atoms with E-state index in [9.17, 15) is 9.59 Å². The van der Waals surface area contributed by atoms with E-state index >= 15 is 0 Å². The molecular weight excluding hydrogens is 236 g/mol. The lowest BCUT2D eigenvalue weighted by atomic mass is 9.96. The number of carboxylic acids is 1. The van der Waals surface area contributed by atoms with Crippen molar-refractivity contribution in [3.63, 3.8) is 0 Å². The van der Waals surface area contributed by atoms with E-state index in [0.717, 1.165) is 12.8 Å². The highest BCUT2D eigenvalue weighted by Crippen LogP contribution is 2.31. The number of amides is 1. The number of hydrogen-bond acceptors (Lipinski definition) is 4. The average molecular weight is 258 g/mol. The highest BCUT2D eigenvalue weighted by atomic mass is 16.5. The molecule has 1 fully saturated rings. The third-order valence-corrected chi connectivity index (χ3v) is 3.55. The minimum atomic E-state index is -0.761. The van der Waals surface area contributed by atoms with Crippen molar-refractivity contribution in [3.05, 3.63) is 0 Å². The molecule has 1 aliphatic carbocycles. The number of nitrogens with one attached hydrogen (secondary N) is 1. The normalized spacial score (nSPS) is 24.8. The molecule has 0 bridgehead atoms. The lowest BCUT2D eigenvalue weighted by molar-refractivity contribution is -0.143. The molecule has 0 aliphatic heterocycles. The molecule has 3 atom stereocenters. The van der Waals surface area contributed by atoms with Crippen LogP contribution < -0.4 is 11.1 Å². The Morgan fingerprint density at radius 2 is 2.22 bits per heavy atom. The first-order valence-electron chi connectivity index (χ1n) is 6.30. The standard InChI is InChI=1S/C12H22N2O4/c1-18-9(6-13)5-11(15)14-7-8-3-2-4-10(8)12(16)17/h8-10H,2-7,13H2,1H3,(H,14,15)(H,16,17). The van der Waals surface area contributed by atoms with Gasteiger partial charge in [-0.3, -0.25) is 9.59 Å². The summed E-state index contributed by atoms with van der Waals surface area (Å²) < 4.78 is 5.02. The number of hydrogen-bond donors (Lipinski definition) is 3. The van der Waals surface area contributed by atoms with Gasteiger partial charge in [0.1, 0.15) is 0 Å². The molecule has 1 rings (SSSR count). The summed E-state index contributed by atoms with van der Waals surface area (Å²) in [7, 11) is 1.52. The Kier molecular flexibility index (Phi) is 6.07. The van der Waals surface area contributed by atoms with Crippen LogP contribution in [0.15, 0.2) is 0 Å². The largest absolute Gasteiger partial charge is 0.481 e. The monoisotopic (exact) mass is 258 g/mol. The summed E-state index contributed by atoms with van der Waals surface area (Å²) in [4.78, 5) is 22.6. The van der Waals surface area contributed by atoms with Crippen LogP contribution in [0.4, 0.5) is 0 Å². The van der Waals surface area contributed by atoms with Gasteiger partial charge in [0.2, 0.25) is 5.91 Å². The number of rotatable bonds is 7. The fraction of sp³-hybridized carbons (Fsp3) is 0.833. The van der Waals surface area contributed by atoms with Crippen LogP contribution in [-0.4, -0.2) is 43.3 Å². The highest BCUT2D eigenvalue weighted by molar-refractivity contribution is 5.76. The molecule has 3 unspecified atom stereocenters. The van der Waals surface area contributed by atoms with Crippen LogP contribution in [0.25, 0.3) is 0 Å². The molecule has 0 spiro atoms. The number of carbonyl (C=O) groups excluding carboxylic acids is 1. The predicted molar refractivity (Wildman–Crippen MR) is 65.9 cm³/mol. The molecule has 1 amide bonds. The fourth-order valence-corrected chi connectivity index (χ4v) is 2.39. The second-order valence-corrected chi connectivity index (χ2v) is 4.74. The molecule has 6 heteroatoms. The maximum Gasteiger partial charge on any atom is 0.306 e. The molecular formula is C12H22N2O4. The van der Waals surface area contributed by atoms with Gasteiger partial charge in [-0.05, 0) is 18.8 Å². The zero-order valence-corrected chi connectivity index (χ0v) is 10.7. The smallest absolute Gasteiger partial charge is 0.306 e. The number of carboxylic acid groups (broad SMARTS) is 1. The third kappa shape index (κ3) is 4.27. The van der Waals surface area contributed by atoms with Crippen molar-refractivity contribution in [1.29, 1.82) is 0 Å². The van der Waals surface area contributed by atoms with Gasteiger partial charge in [0, 0.05) is 20.2 Å². The summed E-state index contributed by atoms with van der Waals surface area (Å²) >= 11 is 0. The predicted octanol–water partition coefficient (Wildman–Crippen LogP) is -0.0327. The second kappa shape index (κ2) is 7.33. The lowest BCUT2D eigenvalue weighted by Crippen LogP contribution is -2.36. The van der Waals surface area contributed by atoms with Crippen LogP contribution in [0.3, 0.4) is 0 Å². The number of carbonyl (C=O) groups is 2. The number of ether oxygens (including phenoxy) is 1. The molecule has 0 saturated heterocycles.